The summed E-state index contributed by atoms with van der Waals surface area (Å²) in [7, 11) is -3.51. The Hall–Kier alpha value is -1.97. The predicted molar refractivity (Wildman–Crippen MR) is 128 cm³/mol. The standard InChI is InChI=1S/C24H30ClN3O4S/c25-23-6-2-1-4-20(23)16-21-5-3-11-27(21)18-24(29)26-17-19-7-9-22(10-8-19)33(30,31)28-12-14-32-15-13-28/h1-2,4,6-10,21H,3,5,11-18H2,(H,26,29). The summed E-state index contributed by atoms with van der Waals surface area (Å²) in [6, 6.07) is 14.9. The molecule has 2 aromatic carbocycles. The lowest BCUT2D eigenvalue weighted by atomic mass is 10.0. The molecule has 178 valence electrons. The molecular weight excluding hydrogens is 462 g/mol. The molecule has 0 bridgehead atoms. The zero-order valence-electron chi connectivity index (χ0n) is 18.6. The van der Waals surface area contributed by atoms with Gasteiger partial charge in [0.2, 0.25) is 15.9 Å². The first-order valence-corrected chi connectivity index (χ1v) is 13.2. The van der Waals surface area contributed by atoms with E-state index >= 15 is 0 Å². The van der Waals surface area contributed by atoms with Crippen molar-refractivity contribution in [1.29, 1.82) is 0 Å². The number of halogens is 1. The molecule has 0 radical (unpaired) electrons. The van der Waals surface area contributed by atoms with Crippen LogP contribution >= 0.6 is 11.6 Å². The van der Waals surface area contributed by atoms with Crippen LogP contribution in [0.2, 0.25) is 5.02 Å². The maximum atomic E-state index is 12.7. The Morgan fingerprint density at radius 2 is 1.79 bits per heavy atom. The zero-order valence-corrected chi connectivity index (χ0v) is 20.2. The zero-order chi connectivity index (χ0) is 23.3. The molecule has 2 heterocycles. The van der Waals surface area contributed by atoms with E-state index in [4.69, 9.17) is 16.3 Å². The van der Waals surface area contributed by atoms with Crippen molar-refractivity contribution in [2.45, 2.75) is 36.7 Å². The van der Waals surface area contributed by atoms with Gasteiger partial charge in [0.1, 0.15) is 0 Å². The van der Waals surface area contributed by atoms with E-state index in [0.29, 0.717) is 45.4 Å². The molecular formula is C24H30ClN3O4S. The number of morpholine rings is 1. The number of nitrogens with zero attached hydrogens (tertiary/aromatic N) is 2. The largest absolute Gasteiger partial charge is 0.379 e. The summed E-state index contributed by atoms with van der Waals surface area (Å²) in [5, 5.41) is 3.73. The molecule has 1 atom stereocenters. The number of ether oxygens (including phenoxy) is 1. The Balaban J connectivity index is 1.28. The number of carbonyl (C=O) groups is 1. The number of likely N-dealkylation sites (tertiary alicyclic amines) is 1. The lowest BCUT2D eigenvalue weighted by Crippen LogP contribution is -2.40. The van der Waals surface area contributed by atoms with Crippen LogP contribution in [0.4, 0.5) is 0 Å². The van der Waals surface area contributed by atoms with Gasteiger partial charge in [-0.25, -0.2) is 8.42 Å². The third-order valence-corrected chi connectivity index (χ3v) is 8.56. The Bertz CT molecular complexity index is 1060. The quantitative estimate of drug-likeness (QED) is 0.614. The summed E-state index contributed by atoms with van der Waals surface area (Å²) in [5.41, 5.74) is 1.97. The van der Waals surface area contributed by atoms with Crippen LogP contribution in [0.5, 0.6) is 0 Å². The molecule has 0 spiro atoms. The number of hydrogen-bond acceptors (Lipinski definition) is 5. The van der Waals surface area contributed by atoms with E-state index in [0.717, 1.165) is 42.0 Å². The molecule has 0 aromatic heterocycles. The van der Waals surface area contributed by atoms with Crippen molar-refractivity contribution in [1.82, 2.24) is 14.5 Å². The van der Waals surface area contributed by atoms with Crippen molar-refractivity contribution < 1.29 is 17.9 Å². The van der Waals surface area contributed by atoms with E-state index in [-0.39, 0.29) is 10.8 Å². The van der Waals surface area contributed by atoms with Crippen molar-refractivity contribution >= 4 is 27.5 Å². The van der Waals surface area contributed by atoms with Gasteiger partial charge in [-0.1, -0.05) is 41.9 Å². The normalized spacial score (nSPS) is 20.1. The van der Waals surface area contributed by atoms with E-state index in [1.165, 1.54) is 4.31 Å². The van der Waals surface area contributed by atoms with Crippen LogP contribution in [0.3, 0.4) is 0 Å². The lowest BCUT2D eigenvalue weighted by molar-refractivity contribution is -0.122. The fraction of sp³-hybridized carbons (Fsp3) is 0.458. The minimum atomic E-state index is -3.51. The van der Waals surface area contributed by atoms with Crippen LogP contribution in [0.15, 0.2) is 53.4 Å². The molecule has 4 rings (SSSR count). The van der Waals surface area contributed by atoms with Crippen LogP contribution in [-0.2, 0) is 32.5 Å². The van der Waals surface area contributed by atoms with Gasteiger partial charge >= 0.3 is 0 Å². The Labute approximate surface area is 200 Å². The van der Waals surface area contributed by atoms with Gasteiger partial charge in [-0.15, -0.1) is 0 Å². The second-order valence-corrected chi connectivity index (χ2v) is 10.8. The minimum absolute atomic E-state index is 0.0360. The van der Waals surface area contributed by atoms with Crippen molar-refractivity contribution in [3.63, 3.8) is 0 Å². The fourth-order valence-corrected chi connectivity index (χ4v) is 6.03. The number of hydrogen-bond donors (Lipinski definition) is 1. The molecule has 9 heteroatoms. The van der Waals surface area contributed by atoms with Gasteiger partial charge in [0, 0.05) is 30.7 Å². The average molecular weight is 492 g/mol. The number of amides is 1. The van der Waals surface area contributed by atoms with E-state index < -0.39 is 10.0 Å². The molecule has 2 aliphatic heterocycles. The highest BCUT2D eigenvalue weighted by atomic mass is 35.5. The van der Waals surface area contributed by atoms with Gasteiger partial charge < -0.3 is 10.1 Å². The summed E-state index contributed by atoms with van der Waals surface area (Å²) in [5.74, 6) is -0.0360. The maximum absolute atomic E-state index is 12.7. The minimum Gasteiger partial charge on any atom is -0.379 e. The number of benzene rings is 2. The molecule has 0 aliphatic carbocycles. The Morgan fingerprint density at radius 1 is 1.06 bits per heavy atom. The molecule has 7 nitrogen and oxygen atoms in total. The van der Waals surface area contributed by atoms with Gasteiger partial charge in [-0.2, -0.15) is 4.31 Å². The fourth-order valence-electron chi connectivity index (χ4n) is 4.41. The summed E-state index contributed by atoms with van der Waals surface area (Å²) >= 11 is 6.31. The smallest absolute Gasteiger partial charge is 0.243 e. The maximum Gasteiger partial charge on any atom is 0.243 e. The SMILES string of the molecule is O=C(CN1CCCC1Cc1ccccc1Cl)NCc1ccc(S(=O)(=O)N2CCOCC2)cc1. The van der Waals surface area contributed by atoms with Crippen molar-refractivity contribution in [3.8, 4) is 0 Å². The molecule has 1 amide bonds. The number of nitrogens with one attached hydrogen (secondary N) is 1. The van der Waals surface area contributed by atoms with E-state index in [1.54, 1.807) is 24.3 Å². The van der Waals surface area contributed by atoms with Gasteiger partial charge in [-0.05, 0) is 55.1 Å². The molecule has 0 saturated carbocycles. The number of rotatable bonds is 8. The molecule has 33 heavy (non-hydrogen) atoms. The summed E-state index contributed by atoms with van der Waals surface area (Å²) in [4.78, 5) is 15.1. The first kappa shape index (κ1) is 24.2. The third-order valence-electron chi connectivity index (χ3n) is 6.28. The summed E-state index contributed by atoms with van der Waals surface area (Å²) in [6.45, 7) is 3.18. The Kier molecular flexibility index (Phi) is 8.03. The Morgan fingerprint density at radius 3 is 2.52 bits per heavy atom. The summed E-state index contributed by atoms with van der Waals surface area (Å²) < 4.78 is 32.1. The van der Waals surface area contributed by atoms with Crippen molar-refractivity contribution in [3.05, 3.63) is 64.7 Å². The van der Waals surface area contributed by atoms with Crippen LogP contribution in [-0.4, -0.2) is 69.0 Å². The molecule has 2 saturated heterocycles. The highest BCUT2D eigenvalue weighted by Gasteiger charge is 2.27. The van der Waals surface area contributed by atoms with E-state index in [1.807, 2.05) is 24.3 Å². The first-order chi connectivity index (χ1) is 15.9. The highest BCUT2D eigenvalue weighted by Crippen LogP contribution is 2.24. The van der Waals surface area contributed by atoms with Crippen LogP contribution in [0.25, 0.3) is 0 Å². The van der Waals surface area contributed by atoms with Gasteiger partial charge in [0.25, 0.3) is 0 Å². The van der Waals surface area contributed by atoms with Gasteiger partial charge in [0.15, 0.2) is 0 Å². The molecule has 2 fully saturated rings. The van der Waals surface area contributed by atoms with Crippen LogP contribution < -0.4 is 5.32 Å². The molecule has 1 N–H and O–H groups in total. The predicted octanol–water partition coefficient (Wildman–Crippen LogP) is 2.68. The second kappa shape index (κ2) is 11.0. The van der Waals surface area contributed by atoms with Crippen molar-refractivity contribution in [2.75, 3.05) is 39.4 Å². The number of carbonyl (C=O) groups excluding carboxylic acids is 1. The summed E-state index contributed by atoms with van der Waals surface area (Å²) in [6.07, 6.45) is 2.96. The highest BCUT2D eigenvalue weighted by molar-refractivity contribution is 7.89. The third kappa shape index (κ3) is 6.13. The second-order valence-electron chi connectivity index (χ2n) is 8.50. The first-order valence-electron chi connectivity index (χ1n) is 11.3. The van der Waals surface area contributed by atoms with Crippen molar-refractivity contribution in [2.24, 2.45) is 0 Å². The van der Waals surface area contributed by atoms with Gasteiger partial charge in [-0.3, -0.25) is 9.69 Å². The van der Waals surface area contributed by atoms with Crippen LogP contribution in [0, 0.1) is 0 Å². The lowest BCUT2D eigenvalue weighted by Gasteiger charge is -2.26. The topological polar surface area (TPSA) is 79.0 Å². The average Bonchev–Trinajstić information content (AvgIpc) is 3.26. The number of sulfonamides is 1. The molecule has 2 aliphatic rings. The van der Waals surface area contributed by atoms with E-state index in [2.05, 4.69) is 10.2 Å². The van der Waals surface area contributed by atoms with E-state index in [9.17, 15) is 13.2 Å². The molecule has 2 aromatic rings. The monoisotopic (exact) mass is 491 g/mol. The molecule has 1 unspecified atom stereocenters. The van der Waals surface area contributed by atoms with Crippen LogP contribution in [0.1, 0.15) is 24.0 Å². The van der Waals surface area contributed by atoms with Gasteiger partial charge in [0.05, 0.1) is 24.7 Å².